The Bertz CT molecular complexity index is 73.8. The molecular weight excluding hydrogens is 160 g/mol. The Kier molecular flexibility index (Phi) is 5.74. The molecule has 0 N–H and O–H groups in total. The van der Waals surface area contributed by atoms with Crippen molar-refractivity contribution in [3.8, 4) is 0 Å². The number of thiol groups is 1. The summed E-state index contributed by atoms with van der Waals surface area (Å²) < 4.78 is 0.207. The number of hydrogen-bond donors (Lipinski definition) is 1. The van der Waals surface area contributed by atoms with E-state index in [0.717, 1.165) is 5.75 Å². The molecule has 0 aliphatic heterocycles. The Morgan fingerprint density at radius 1 is 1.40 bits per heavy atom. The van der Waals surface area contributed by atoms with Gasteiger partial charge in [0, 0.05) is 10.5 Å². The van der Waals surface area contributed by atoms with Gasteiger partial charge in [0.1, 0.15) is 0 Å². The van der Waals surface area contributed by atoms with E-state index in [1.54, 1.807) is 0 Å². The summed E-state index contributed by atoms with van der Waals surface area (Å²) in [7, 11) is 0. The van der Waals surface area contributed by atoms with Gasteiger partial charge in [-0.05, 0) is 12.2 Å². The monoisotopic (exact) mass is 178 g/mol. The molecule has 0 aliphatic carbocycles. The van der Waals surface area contributed by atoms with Crippen molar-refractivity contribution in [2.45, 2.75) is 38.4 Å². The van der Waals surface area contributed by atoms with Crippen LogP contribution in [0.25, 0.3) is 0 Å². The van der Waals surface area contributed by atoms with Crippen molar-refractivity contribution < 1.29 is 0 Å². The van der Waals surface area contributed by atoms with E-state index in [-0.39, 0.29) is 4.75 Å². The highest BCUT2D eigenvalue weighted by atomic mass is 32.2. The molecule has 0 aromatic heterocycles. The molecule has 0 heterocycles. The molecule has 10 heavy (non-hydrogen) atoms. The number of rotatable bonds is 5. The van der Waals surface area contributed by atoms with Crippen LogP contribution in [0.15, 0.2) is 0 Å². The van der Waals surface area contributed by atoms with E-state index in [9.17, 15) is 0 Å². The van der Waals surface area contributed by atoms with Gasteiger partial charge in [-0.15, -0.1) is 0 Å². The van der Waals surface area contributed by atoms with Crippen molar-refractivity contribution in [3.63, 3.8) is 0 Å². The normalized spacial score (nSPS) is 12.0. The zero-order chi connectivity index (χ0) is 8.04. The summed E-state index contributed by atoms with van der Waals surface area (Å²) >= 11 is 6.44. The fraction of sp³-hybridized carbons (Fsp3) is 1.00. The second kappa shape index (κ2) is 5.36. The Morgan fingerprint density at radius 3 is 2.40 bits per heavy atom. The molecule has 0 unspecified atom stereocenters. The smallest absolute Gasteiger partial charge is 0.0163 e. The average molecular weight is 178 g/mol. The third-order valence-electron chi connectivity index (χ3n) is 1.10. The van der Waals surface area contributed by atoms with Crippen molar-refractivity contribution in [2.24, 2.45) is 0 Å². The van der Waals surface area contributed by atoms with Gasteiger partial charge in [0.05, 0.1) is 0 Å². The van der Waals surface area contributed by atoms with E-state index in [4.69, 9.17) is 0 Å². The minimum atomic E-state index is 0.207. The lowest BCUT2D eigenvalue weighted by Crippen LogP contribution is -2.13. The van der Waals surface area contributed by atoms with Crippen molar-refractivity contribution >= 4 is 24.4 Å². The second-order valence-corrected chi connectivity index (χ2v) is 5.53. The van der Waals surface area contributed by atoms with Crippen LogP contribution >= 0.6 is 24.4 Å². The van der Waals surface area contributed by atoms with Crippen LogP contribution in [0.4, 0.5) is 0 Å². The average Bonchev–Trinajstić information content (AvgIpc) is 1.78. The van der Waals surface area contributed by atoms with Gasteiger partial charge in [-0.3, -0.25) is 0 Å². The maximum absolute atomic E-state index is 4.44. The predicted molar refractivity (Wildman–Crippen MR) is 55.3 cm³/mol. The molecule has 0 aromatic carbocycles. The zero-order valence-electron chi connectivity index (χ0n) is 7.18. The molecule has 0 saturated heterocycles. The molecule has 62 valence electrons. The molecule has 0 radical (unpaired) electrons. The van der Waals surface area contributed by atoms with E-state index < -0.39 is 0 Å². The van der Waals surface area contributed by atoms with Crippen LogP contribution in [0.5, 0.6) is 0 Å². The highest BCUT2D eigenvalue weighted by molar-refractivity contribution is 8.00. The van der Waals surface area contributed by atoms with Gasteiger partial charge in [0.15, 0.2) is 0 Å². The Balaban J connectivity index is 3.04. The van der Waals surface area contributed by atoms with Gasteiger partial charge in [0.25, 0.3) is 0 Å². The summed E-state index contributed by atoms with van der Waals surface area (Å²) in [5.41, 5.74) is 0. The highest BCUT2D eigenvalue weighted by Crippen LogP contribution is 2.19. The maximum Gasteiger partial charge on any atom is 0.0163 e. The van der Waals surface area contributed by atoms with Crippen LogP contribution in [0.3, 0.4) is 0 Å². The van der Waals surface area contributed by atoms with Gasteiger partial charge in [-0.25, -0.2) is 0 Å². The summed E-state index contributed by atoms with van der Waals surface area (Å²) in [6, 6.07) is 0. The van der Waals surface area contributed by atoms with Gasteiger partial charge in [-0.2, -0.15) is 24.4 Å². The number of unbranched alkanes of at least 4 members (excludes halogenated alkanes) is 1. The Labute approximate surface area is 74.6 Å². The molecule has 0 amide bonds. The Hall–Kier alpha value is 0.700. The number of hydrogen-bond acceptors (Lipinski definition) is 2. The molecule has 0 fully saturated rings. The lowest BCUT2D eigenvalue weighted by atomic mass is 10.2. The van der Waals surface area contributed by atoms with E-state index in [2.05, 4.69) is 33.4 Å². The standard InChI is InChI=1S/C8H18S2/c1-4-5-6-10-7-8(2,3)9/h9H,4-7H2,1-3H3. The topological polar surface area (TPSA) is 0 Å². The van der Waals surface area contributed by atoms with Crippen LogP contribution in [0.2, 0.25) is 0 Å². The van der Waals surface area contributed by atoms with Crippen molar-refractivity contribution in [1.29, 1.82) is 0 Å². The molecule has 0 atom stereocenters. The van der Waals surface area contributed by atoms with Crippen molar-refractivity contribution in [3.05, 3.63) is 0 Å². The first kappa shape index (κ1) is 10.7. The van der Waals surface area contributed by atoms with Crippen LogP contribution in [-0.2, 0) is 0 Å². The summed E-state index contributed by atoms with van der Waals surface area (Å²) in [4.78, 5) is 0. The molecule has 2 heteroatoms. The van der Waals surface area contributed by atoms with E-state index in [1.807, 2.05) is 11.8 Å². The lowest BCUT2D eigenvalue weighted by Gasteiger charge is -2.15. The van der Waals surface area contributed by atoms with E-state index in [0.29, 0.717) is 0 Å². The third-order valence-corrected chi connectivity index (χ3v) is 2.97. The minimum Gasteiger partial charge on any atom is -0.172 e. The largest absolute Gasteiger partial charge is 0.172 e. The van der Waals surface area contributed by atoms with Crippen molar-refractivity contribution in [2.75, 3.05) is 11.5 Å². The summed E-state index contributed by atoms with van der Waals surface area (Å²) in [5.74, 6) is 2.45. The molecule has 0 aromatic rings. The summed E-state index contributed by atoms with van der Waals surface area (Å²) in [5, 5.41) is 0. The highest BCUT2D eigenvalue weighted by Gasteiger charge is 2.09. The molecule has 0 rings (SSSR count). The van der Waals surface area contributed by atoms with Gasteiger partial charge in [-0.1, -0.05) is 27.2 Å². The summed E-state index contributed by atoms with van der Waals surface area (Å²) in [6.07, 6.45) is 2.65. The fourth-order valence-corrected chi connectivity index (χ4v) is 1.98. The van der Waals surface area contributed by atoms with Gasteiger partial charge >= 0.3 is 0 Å². The molecule has 0 nitrogen and oxygen atoms in total. The quantitative estimate of drug-likeness (QED) is 0.498. The molecule has 0 spiro atoms. The van der Waals surface area contributed by atoms with Crippen LogP contribution in [0, 0.1) is 0 Å². The predicted octanol–water partition coefficient (Wildman–Crippen LogP) is 3.23. The first-order valence-corrected chi connectivity index (χ1v) is 5.46. The fourth-order valence-electron chi connectivity index (χ4n) is 0.568. The van der Waals surface area contributed by atoms with Crippen LogP contribution in [0.1, 0.15) is 33.6 Å². The minimum absolute atomic E-state index is 0.207. The van der Waals surface area contributed by atoms with Gasteiger partial charge < -0.3 is 0 Å². The Morgan fingerprint density at radius 2 is 2.00 bits per heavy atom. The first-order chi connectivity index (χ1) is 4.56. The molecule has 0 aliphatic rings. The van der Waals surface area contributed by atoms with Crippen LogP contribution < -0.4 is 0 Å². The second-order valence-electron chi connectivity index (χ2n) is 3.22. The van der Waals surface area contributed by atoms with Gasteiger partial charge in [0.2, 0.25) is 0 Å². The SMILES string of the molecule is CCCCSCC(C)(C)S. The molecular formula is C8H18S2. The van der Waals surface area contributed by atoms with Crippen molar-refractivity contribution in [1.82, 2.24) is 0 Å². The van der Waals surface area contributed by atoms with Crippen LogP contribution in [-0.4, -0.2) is 16.3 Å². The van der Waals surface area contributed by atoms with E-state index >= 15 is 0 Å². The zero-order valence-corrected chi connectivity index (χ0v) is 8.89. The number of thioether (sulfide) groups is 1. The summed E-state index contributed by atoms with van der Waals surface area (Å²) in [6.45, 7) is 6.55. The first-order valence-electron chi connectivity index (χ1n) is 3.86. The lowest BCUT2D eigenvalue weighted by molar-refractivity contribution is 0.821. The maximum atomic E-state index is 4.44. The molecule has 0 bridgehead atoms. The van der Waals surface area contributed by atoms with E-state index in [1.165, 1.54) is 18.6 Å². The third kappa shape index (κ3) is 8.70. The molecule has 0 saturated carbocycles.